The van der Waals surface area contributed by atoms with Crippen molar-refractivity contribution in [3.05, 3.63) is 35.9 Å². The number of hydrogen-bond acceptors (Lipinski definition) is 3. The maximum atomic E-state index is 11.1. The summed E-state index contributed by atoms with van der Waals surface area (Å²) in [5.41, 5.74) is 7.93. The normalized spacial score (nSPS) is 10.8. The third-order valence-electron chi connectivity index (χ3n) is 2.64. The van der Waals surface area contributed by atoms with Crippen LogP contribution in [0.5, 0.6) is 0 Å². The molecule has 0 aliphatic heterocycles. The first-order chi connectivity index (χ1) is 8.15. The van der Waals surface area contributed by atoms with Gasteiger partial charge in [0.2, 0.25) is 0 Å². The lowest BCUT2D eigenvalue weighted by molar-refractivity contribution is 0.112. The summed E-state index contributed by atoms with van der Waals surface area (Å²) in [7, 11) is 0. The highest BCUT2D eigenvalue weighted by Gasteiger charge is 2.17. The molecular formula is C13H15N3O. The Hall–Kier alpha value is -2.10. The molecule has 1 aromatic heterocycles. The SMILES string of the molecule is CC(C)n1nc(-c2ccccc2)c(C=O)c1N. The number of hydrogen-bond donors (Lipinski definition) is 1. The summed E-state index contributed by atoms with van der Waals surface area (Å²) in [6, 6.07) is 9.71. The quantitative estimate of drug-likeness (QED) is 0.823. The molecule has 1 heterocycles. The van der Waals surface area contributed by atoms with Gasteiger partial charge < -0.3 is 5.73 Å². The van der Waals surface area contributed by atoms with E-state index in [4.69, 9.17) is 5.73 Å². The van der Waals surface area contributed by atoms with Gasteiger partial charge in [-0.15, -0.1) is 0 Å². The molecule has 2 rings (SSSR count). The van der Waals surface area contributed by atoms with Crippen LogP contribution in [0.3, 0.4) is 0 Å². The fourth-order valence-corrected chi connectivity index (χ4v) is 1.78. The summed E-state index contributed by atoms with van der Waals surface area (Å²) in [5, 5.41) is 4.41. The summed E-state index contributed by atoms with van der Waals surface area (Å²) in [5.74, 6) is 0.425. The number of nitrogen functional groups attached to an aromatic ring is 1. The molecule has 88 valence electrons. The highest BCUT2D eigenvalue weighted by Crippen LogP contribution is 2.27. The van der Waals surface area contributed by atoms with Crippen LogP contribution in [0.25, 0.3) is 11.3 Å². The summed E-state index contributed by atoms with van der Waals surface area (Å²) >= 11 is 0. The molecule has 0 radical (unpaired) electrons. The summed E-state index contributed by atoms with van der Waals surface area (Å²) in [6.07, 6.45) is 0.767. The second kappa shape index (κ2) is 4.41. The third-order valence-corrected chi connectivity index (χ3v) is 2.64. The van der Waals surface area contributed by atoms with Crippen LogP contribution in [0, 0.1) is 0 Å². The van der Waals surface area contributed by atoms with Crippen LogP contribution in [0.4, 0.5) is 5.82 Å². The highest BCUT2D eigenvalue weighted by molar-refractivity contribution is 5.91. The monoisotopic (exact) mass is 229 g/mol. The first-order valence-electron chi connectivity index (χ1n) is 5.53. The van der Waals surface area contributed by atoms with E-state index in [0.717, 1.165) is 11.8 Å². The molecule has 2 N–H and O–H groups in total. The van der Waals surface area contributed by atoms with Crippen molar-refractivity contribution >= 4 is 12.1 Å². The number of carbonyl (C=O) groups excluding carboxylic acids is 1. The molecule has 0 saturated heterocycles. The number of nitrogens with zero attached hydrogens (tertiary/aromatic N) is 2. The average molecular weight is 229 g/mol. The topological polar surface area (TPSA) is 60.9 Å². The van der Waals surface area contributed by atoms with E-state index in [9.17, 15) is 4.79 Å². The number of rotatable bonds is 3. The minimum absolute atomic E-state index is 0.131. The molecule has 4 heteroatoms. The zero-order chi connectivity index (χ0) is 12.4. The lowest BCUT2D eigenvalue weighted by Crippen LogP contribution is -2.07. The molecule has 1 aromatic carbocycles. The predicted molar refractivity (Wildman–Crippen MR) is 67.8 cm³/mol. The van der Waals surface area contributed by atoms with Crippen molar-refractivity contribution < 1.29 is 4.79 Å². The average Bonchev–Trinajstić information content (AvgIpc) is 2.67. The van der Waals surface area contributed by atoms with E-state index >= 15 is 0 Å². The van der Waals surface area contributed by atoms with Gasteiger partial charge in [0.25, 0.3) is 0 Å². The van der Waals surface area contributed by atoms with Gasteiger partial charge >= 0.3 is 0 Å². The van der Waals surface area contributed by atoms with E-state index in [-0.39, 0.29) is 6.04 Å². The van der Waals surface area contributed by atoms with Crippen molar-refractivity contribution in [2.24, 2.45) is 0 Å². The largest absolute Gasteiger partial charge is 0.383 e. The molecule has 2 aromatic rings. The Morgan fingerprint density at radius 2 is 1.94 bits per heavy atom. The molecule has 0 bridgehead atoms. The van der Waals surface area contributed by atoms with Gasteiger partial charge in [0.1, 0.15) is 11.5 Å². The van der Waals surface area contributed by atoms with E-state index in [2.05, 4.69) is 5.10 Å². The van der Waals surface area contributed by atoms with Crippen molar-refractivity contribution in [3.8, 4) is 11.3 Å². The molecule has 0 aliphatic rings. The van der Waals surface area contributed by atoms with Crippen LogP contribution in [-0.2, 0) is 0 Å². The lowest BCUT2D eigenvalue weighted by atomic mass is 10.1. The minimum atomic E-state index is 0.131. The van der Waals surface area contributed by atoms with Crippen molar-refractivity contribution in [1.82, 2.24) is 9.78 Å². The first kappa shape index (κ1) is 11.4. The Labute approximate surface area is 100 Å². The predicted octanol–water partition coefficient (Wildman–Crippen LogP) is 2.53. The van der Waals surface area contributed by atoms with Gasteiger partial charge in [-0.05, 0) is 13.8 Å². The Morgan fingerprint density at radius 1 is 1.29 bits per heavy atom. The third kappa shape index (κ3) is 1.93. The van der Waals surface area contributed by atoms with Gasteiger partial charge in [-0.2, -0.15) is 5.10 Å². The van der Waals surface area contributed by atoms with Gasteiger partial charge in [-0.3, -0.25) is 4.79 Å². The minimum Gasteiger partial charge on any atom is -0.383 e. The van der Waals surface area contributed by atoms with Gasteiger partial charge in [-0.25, -0.2) is 4.68 Å². The van der Waals surface area contributed by atoms with Crippen LogP contribution >= 0.6 is 0 Å². The fraction of sp³-hybridized carbons (Fsp3) is 0.231. The molecule has 0 aliphatic carbocycles. The van der Waals surface area contributed by atoms with Gasteiger partial charge in [0.05, 0.1) is 5.56 Å². The molecule has 4 nitrogen and oxygen atoms in total. The Morgan fingerprint density at radius 3 is 2.47 bits per heavy atom. The van der Waals surface area contributed by atoms with Crippen molar-refractivity contribution in [3.63, 3.8) is 0 Å². The molecule has 0 atom stereocenters. The van der Waals surface area contributed by atoms with Crippen LogP contribution in [0.2, 0.25) is 0 Å². The highest BCUT2D eigenvalue weighted by atomic mass is 16.1. The van der Waals surface area contributed by atoms with Gasteiger partial charge in [0, 0.05) is 11.6 Å². The number of carbonyl (C=O) groups is 1. The van der Waals surface area contributed by atoms with Crippen LogP contribution in [0.1, 0.15) is 30.2 Å². The van der Waals surface area contributed by atoms with E-state index in [1.54, 1.807) is 4.68 Å². The molecule has 0 fully saturated rings. The van der Waals surface area contributed by atoms with E-state index in [1.165, 1.54) is 0 Å². The smallest absolute Gasteiger partial charge is 0.156 e. The van der Waals surface area contributed by atoms with Gasteiger partial charge in [-0.1, -0.05) is 30.3 Å². The molecule has 0 unspecified atom stereocenters. The Kier molecular flexibility index (Phi) is 2.95. The standard InChI is InChI=1S/C13H15N3O/c1-9(2)16-13(14)11(8-17)12(15-16)10-6-4-3-5-7-10/h3-9H,14H2,1-2H3. The number of anilines is 1. The Bertz CT molecular complexity index is 529. The second-order valence-corrected chi connectivity index (χ2v) is 4.17. The Balaban J connectivity index is 2.62. The van der Waals surface area contributed by atoms with E-state index < -0.39 is 0 Å². The van der Waals surface area contributed by atoms with Gasteiger partial charge in [0.15, 0.2) is 6.29 Å². The lowest BCUT2D eigenvalue weighted by Gasteiger charge is -2.06. The fourth-order valence-electron chi connectivity index (χ4n) is 1.78. The second-order valence-electron chi connectivity index (χ2n) is 4.17. The van der Waals surface area contributed by atoms with Crippen LogP contribution in [-0.4, -0.2) is 16.1 Å². The van der Waals surface area contributed by atoms with Crippen molar-refractivity contribution in [1.29, 1.82) is 0 Å². The number of aldehydes is 1. The molecule has 0 saturated carbocycles. The van der Waals surface area contributed by atoms with Crippen molar-refractivity contribution in [2.45, 2.75) is 19.9 Å². The summed E-state index contributed by atoms with van der Waals surface area (Å²) in [6.45, 7) is 3.96. The van der Waals surface area contributed by atoms with E-state index in [0.29, 0.717) is 17.1 Å². The number of aromatic nitrogens is 2. The molecule has 0 spiro atoms. The zero-order valence-corrected chi connectivity index (χ0v) is 9.92. The van der Waals surface area contributed by atoms with Crippen molar-refractivity contribution in [2.75, 3.05) is 5.73 Å². The number of nitrogens with two attached hydrogens (primary N) is 1. The van der Waals surface area contributed by atoms with Crippen LogP contribution in [0.15, 0.2) is 30.3 Å². The zero-order valence-electron chi connectivity index (χ0n) is 9.92. The van der Waals surface area contributed by atoms with Crippen LogP contribution < -0.4 is 5.73 Å². The van der Waals surface area contributed by atoms with E-state index in [1.807, 2.05) is 44.2 Å². The maximum absolute atomic E-state index is 11.1. The first-order valence-corrected chi connectivity index (χ1v) is 5.53. The molecule has 0 amide bonds. The number of benzene rings is 1. The molecular weight excluding hydrogens is 214 g/mol. The summed E-state index contributed by atoms with van der Waals surface area (Å²) in [4.78, 5) is 11.1. The summed E-state index contributed by atoms with van der Waals surface area (Å²) < 4.78 is 1.67. The maximum Gasteiger partial charge on any atom is 0.156 e. The molecule has 17 heavy (non-hydrogen) atoms.